The van der Waals surface area contributed by atoms with E-state index in [1.54, 1.807) is 0 Å². The first-order valence-electron chi connectivity index (χ1n) is 6.55. The summed E-state index contributed by atoms with van der Waals surface area (Å²) in [6.45, 7) is 3.42. The molecule has 1 amide bonds. The number of hydrogen-bond donors (Lipinski definition) is 0. The summed E-state index contributed by atoms with van der Waals surface area (Å²) in [5.41, 5.74) is 1.51. The molecule has 1 aromatic heterocycles. The average Bonchev–Trinajstić information content (AvgIpc) is 3.23. The number of carbonyl (C=O) groups excluding carboxylic acids is 1. The lowest BCUT2D eigenvalue weighted by Crippen LogP contribution is -2.47. The summed E-state index contributed by atoms with van der Waals surface area (Å²) in [5, 5.41) is 8.24. The van der Waals surface area contributed by atoms with Crippen molar-refractivity contribution in [3.8, 4) is 0 Å². The van der Waals surface area contributed by atoms with Crippen LogP contribution in [-0.2, 0) is 0 Å². The number of amides is 1. The fourth-order valence-corrected chi connectivity index (χ4v) is 2.23. The second kappa shape index (κ2) is 4.65. The molecule has 1 saturated carbocycles. The summed E-state index contributed by atoms with van der Waals surface area (Å²) in [7, 11) is 2.08. The second-order valence-corrected chi connectivity index (χ2v) is 5.21. The van der Waals surface area contributed by atoms with E-state index in [1.807, 2.05) is 17.0 Å². The maximum atomic E-state index is 12.2. The predicted molar refractivity (Wildman–Crippen MR) is 67.4 cm³/mol. The van der Waals surface area contributed by atoms with Gasteiger partial charge in [0, 0.05) is 32.1 Å². The van der Waals surface area contributed by atoms with Crippen LogP contribution < -0.4 is 0 Å². The van der Waals surface area contributed by atoms with Gasteiger partial charge in [0.2, 0.25) is 0 Å². The molecule has 2 aliphatic rings. The Morgan fingerprint density at radius 1 is 1.17 bits per heavy atom. The Balaban J connectivity index is 1.67. The minimum atomic E-state index is 0.0120. The normalized spacial score (nSPS) is 21.1. The van der Waals surface area contributed by atoms with Crippen molar-refractivity contribution in [2.24, 2.45) is 0 Å². The quantitative estimate of drug-likeness (QED) is 0.772. The molecule has 0 aromatic carbocycles. The standard InChI is InChI=1S/C13H18N4O/c1-16-6-8-17(9-7-16)13(18)12-5-4-11(14-15-12)10-2-3-10/h4-5,10H,2-3,6-9H2,1H3. The lowest BCUT2D eigenvalue weighted by Gasteiger charge is -2.32. The van der Waals surface area contributed by atoms with Crippen LogP contribution in [0.4, 0.5) is 0 Å². The highest BCUT2D eigenvalue weighted by atomic mass is 16.2. The predicted octanol–water partition coefficient (Wildman–Crippen LogP) is 0.742. The molecule has 2 heterocycles. The molecule has 0 atom stereocenters. The highest BCUT2D eigenvalue weighted by molar-refractivity contribution is 5.92. The fraction of sp³-hybridized carbons (Fsp3) is 0.615. The van der Waals surface area contributed by atoms with Gasteiger partial charge < -0.3 is 9.80 Å². The Labute approximate surface area is 107 Å². The molecule has 1 aromatic rings. The summed E-state index contributed by atoms with van der Waals surface area (Å²) in [4.78, 5) is 16.3. The van der Waals surface area contributed by atoms with Crippen molar-refractivity contribution in [1.29, 1.82) is 0 Å². The Morgan fingerprint density at radius 3 is 2.44 bits per heavy atom. The summed E-state index contributed by atoms with van der Waals surface area (Å²) in [6.07, 6.45) is 2.42. The zero-order valence-electron chi connectivity index (χ0n) is 10.7. The Hall–Kier alpha value is -1.49. The van der Waals surface area contributed by atoms with Crippen LogP contribution in [0, 0.1) is 0 Å². The van der Waals surface area contributed by atoms with Gasteiger partial charge in [0.25, 0.3) is 5.91 Å². The third kappa shape index (κ3) is 2.36. The van der Waals surface area contributed by atoms with Gasteiger partial charge in [-0.1, -0.05) is 0 Å². The summed E-state index contributed by atoms with van der Waals surface area (Å²) < 4.78 is 0. The van der Waals surface area contributed by atoms with Gasteiger partial charge in [0.15, 0.2) is 5.69 Å². The molecule has 5 heteroatoms. The zero-order chi connectivity index (χ0) is 12.5. The molecule has 1 saturated heterocycles. The minimum absolute atomic E-state index is 0.0120. The van der Waals surface area contributed by atoms with Gasteiger partial charge in [0.05, 0.1) is 5.69 Å². The van der Waals surface area contributed by atoms with Gasteiger partial charge in [0.1, 0.15) is 0 Å². The van der Waals surface area contributed by atoms with Crippen LogP contribution in [-0.4, -0.2) is 59.1 Å². The van der Waals surface area contributed by atoms with E-state index in [-0.39, 0.29) is 5.91 Å². The number of aromatic nitrogens is 2. The first-order valence-corrected chi connectivity index (χ1v) is 6.55. The van der Waals surface area contributed by atoms with Crippen LogP contribution in [0.2, 0.25) is 0 Å². The SMILES string of the molecule is CN1CCN(C(=O)c2ccc(C3CC3)nn2)CC1. The highest BCUT2D eigenvalue weighted by Gasteiger charge is 2.26. The van der Waals surface area contributed by atoms with Crippen LogP contribution >= 0.6 is 0 Å². The van der Waals surface area contributed by atoms with E-state index in [2.05, 4.69) is 22.1 Å². The topological polar surface area (TPSA) is 49.3 Å². The largest absolute Gasteiger partial charge is 0.335 e. The van der Waals surface area contributed by atoms with Crippen molar-refractivity contribution in [2.45, 2.75) is 18.8 Å². The number of piperazine rings is 1. The molecular weight excluding hydrogens is 228 g/mol. The first-order chi connectivity index (χ1) is 8.74. The van der Waals surface area contributed by atoms with E-state index in [4.69, 9.17) is 0 Å². The van der Waals surface area contributed by atoms with E-state index < -0.39 is 0 Å². The summed E-state index contributed by atoms with van der Waals surface area (Å²) in [5.74, 6) is 0.600. The molecule has 96 valence electrons. The van der Waals surface area contributed by atoms with Crippen LogP contribution in [0.25, 0.3) is 0 Å². The molecular formula is C13H18N4O. The van der Waals surface area contributed by atoms with Gasteiger partial charge in [-0.3, -0.25) is 4.79 Å². The molecule has 3 rings (SSSR count). The summed E-state index contributed by atoms with van der Waals surface area (Å²) in [6, 6.07) is 3.77. The lowest BCUT2D eigenvalue weighted by molar-refractivity contribution is 0.0657. The van der Waals surface area contributed by atoms with Crippen molar-refractivity contribution in [3.63, 3.8) is 0 Å². The number of nitrogens with zero attached hydrogens (tertiary/aromatic N) is 4. The molecule has 0 N–H and O–H groups in total. The maximum absolute atomic E-state index is 12.2. The van der Waals surface area contributed by atoms with Gasteiger partial charge in [-0.25, -0.2) is 0 Å². The number of rotatable bonds is 2. The van der Waals surface area contributed by atoms with Crippen LogP contribution in [0.3, 0.4) is 0 Å². The van der Waals surface area contributed by atoms with Crippen LogP contribution in [0.15, 0.2) is 12.1 Å². The van der Waals surface area contributed by atoms with Crippen LogP contribution in [0.1, 0.15) is 34.9 Å². The monoisotopic (exact) mass is 246 g/mol. The molecule has 18 heavy (non-hydrogen) atoms. The van der Waals surface area contributed by atoms with E-state index in [0.29, 0.717) is 11.6 Å². The maximum Gasteiger partial charge on any atom is 0.274 e. The van der Waals surface area contributed by atoms with Crippen LogP contribution in [0.5, 0.6) is 0 Å². The average molecular weight is 246 g/mol. The smallest absolute Gasteiger partial charge is 0.274 e. The van der Waals surface area contributed by atoms with E-state index in [1.165, 1.54) is 12.8 Å². The minimum Gasteiger partial charge on any atom is -0.335 e. The molecule has 1 aliphatic carbocycles. The van der Waals surface area contributed by atoms with Gasteiger partial charge in [-0.2, -0.15) is 5.10 Å². The molecule has 0 bridgehead atoms. The summed E-state index contributed by atoms with van der Waals surface area (Å²) >= 11 is 0. The van der Waals surface area contributed by atoms with Gasteiger partial charge in [-0.05, 0) is 32.0 Å². The fourth-order valence-electron chi connectivity index (χ4n) is 2.23. The van der Waals surface area contributed by atoms with Crippen molar-refractivity contribution in [3.05, 3.63) is 23.5 Å². The third-order valence-corrected chi connectivity index (χ3v) is 3.69. The third-order valence-electron chi connectivity index (χ3n) is 3.69. The number of hydrogen-bond acceptors (Lipinski definition) is 4. The van der Waals surface area contributed by atoms with Crippen molar-refractivity contribution in [2.75, 3.05) is 33.2 Å². The Kier molecular flexibility index (Phi) is 2.99. The molecule has 1 aliphatic heterocycles. The molecule has 2 fully saturated rings. The number of carbonyl (C=O) groups is 1. The van der Waals surface area contributed by atoms with Crippen molar-refractivity contribution < 1.29 is 4.79 Å². The Morgan fingerprint density at radius 2 is 1.89 bits per heavy atom. The molecule has 0 radical (unpaired) electrons. The van der Waals surface area contributed by atoms with Crippen molar-refractivity contribution >= 4 is 5.91 Å². The highest BCUT2D eigenvalue weighted by Crippen LogP contribution is 2.38. The Bertz CT molecular complexity index is 433. The first kappa shape index (κ1) is 11.6. The molecule has 0 spiro atoms. The second-order valence-electron chi connectivity index (χ2n) is 5.21. The van der Waals surface area contributed by atoms with Crippen molar-refractivity contribution in [1.82, 2.24) is 20.0 Å². The molecule has 5 nitrogen and oxygen atoms in total. The van der Waals surface area contributed by atoms with E-state index in [0.717, 1.165) is 31.9 Å². The van der Waals surface area contributed by atoms with E-state index >= 15 is 0 Å². The zero-order valence-corrected chi connectivity index (χ0v) is 10.7. The van der Waals surface area contributed by atoms with Gasteiger partial charge >= 0.3 is 0 Å². The molecule has 0 unspecified atom stereocenters. The van der Waals surface area contributed by atoms with E-state index in [9.17, 15) is 4.79 Å². The van der Waals surface area contributed by atoms with Gasteiger partial charge in [-0.15, -0.1) is 5.10 Å². The number of likely N-dealkylation sites (N-methyl/N-ethyl adjacent to an activating group) is 1. The lowest BCUT2D eigenvalue weighted by atomic mass is 10.2.